The Kier molecular flexibility index (Phi) is 6.69. The van der Waals surface area contributed by atoms with Crippen molar-refractivity contribution in [3.63, 3.8) is 0 Å². The van der Waals surface area contributed by atoms with Crippen molar-refractivity contribution >= 4 is 17.4 Å². The van der Waals surface area contributed by atoms with E-state index in [0.717, 1.165) is 25.2 Å². The number of halogens is 1. The molecule has 2 rings (SSSR count). The number of rotatable bonds is 8. The number of carbonyl (C=O) groups excluding carboxylic acids is 1. The Bertz CT molecular complexity index is 658. The van der Waals surface area contributed by atoms with Crippen LogP contribution in [0.5, 0.6) is 0 Å². The molecule has 0 saturated carbocycles. The highest BCUT2D eigenvalue weighted by atomic mass is 19.1. The predicted octanol–water partition coefficient (Wildman–Crippen LogP) is 2.77. The smallest absolute Gasteiger partial charge is 0.229 e. The molecular formula is C18H23FN4O. The van der Waals surface area contributed by atoms with E-state index in [9.17, 15) is 9.18 Å². The zero-order valence-electron chi connectivity index (χ0n) is 14.1. The molecule has 0 fully saturated rings. The van der Waals surface area contributed by atoms with Gasteiger partial charge in [-0.25, -0.2) is 9.37 Å². The first-order chi connectivity index (χ1) is 11.5. The maximum atomic E-state index is 13.1. The lowest BCUT2D eigenvalue weighted by atomic mass is 10.1. The Morgan fingerprint density at radius 3 is 2.75 bits per heavy atom. The molecular weight excluding hydrogens is 307 g/mol. The highest BCUT2D eigenvalue weighted by molar-refractivity contribution is 5.91. The van der Waals surface area contributed by atoms with Crippen LogP contribution in [0.2, 0.25) is 0 Å². The van der Waals surface area contributed by atoms with Gasteiger partial charge in [0, 0.05) is 6.54 Å². The fourth-order valence-corrected chi connectivity index (χ4v) is 2.22. The summed E-state index contributed by atoms with van der Waals surface area (Å²) in [7, 11) is 4.09. The van der Waals surface area contributed by atoms with Gasteiger partial charge in [0.1, 0.15) is 11.6 Å². The molecule has 6 heteroatoms. The second kappa shape index (κ2) is 8.98. The Labute approximate surface area is 141 Å². The first kappa shape index (κ1) is 17.9. The van der Waals surface area contributed by atoms with Crippen LogP contribution in [-0.4, -0.2) is 43.0 Å². The van der Waals surface area contributed by atoms with Crippen molar-refractivity contribution in [3.05, 3.63) is 54.0 Å². The van der Waals surface area contributed by atoms with Crippen LogP contribution in [-0.2, 0) is 11.2 Å². The number of carbonyl (C=O) groups is 1. The lowest BCUT2D eigenvalue weighted by Gasteiger charge is -2.11. The van der Waals surface area contributed by atoms with Crippen LogP contribution in [0.1, 0.15) is 12.0 Å². The second-order valence-corrected chi connectivity index (χ2v) is 5.87. The average molecular weight is 330 g/mol. The monoisotopic (exact) mass is 330 g/mol. The summed E-state index contributed by atoms with van der Waals surface area (Å²) < 4.78 is 13.1. The molecule has 1 heterocycles. The van der Waals surface area contributed by atoms with Gasteiger partial charge in [0.2, 0.25) is 5.91 Å². The van der Waals surface area contributed by atoms with Crippen LogP contribution in [0.3, 0.4) is 0 Å². The molecule has 0 aliphatic rings. The van der Waals surface area contributed by atoms with Crippen LogP contribution < -0.4 is 10.6 Å². The highest BCUT2D eigenvalue weighted by Crippen LogP contribution is 2.11. The van der Waals surface area contributed by atoms with E-state index >= 15 is 0 Å². The third-order valence-corrected chi connectivity index (χ3v) is 3.40. The van der Waals surface area contributed by atoms with Crippen molar-refractivity contribution < 1.29 is 9.18 Å². The van der Waals surface area contributed by atoms with Gasteiger partial charge < -0.3 is 15.5 Å². The van der Waals surface area contributed by atoms with Crippen molar-refractivity contribution in [1.29, 1.82) is 0 Å². The van der Waals surface area contributed by atoms with Crippen molar-refractivity contribution in [3.8, 4) is 0 Å². The van der Waals surface area contributed by atoms with Crippen LogP contribution in [0.25, 0.3) is 0 Å². The van der Waals surface area contributed by atoms with Crippen LogP contribution in [0, 0.1) is 5.82 Å². The molecule has 1 aromatic carbocycles. The summed E-state index contributed by atoms with van der Waals surface area (Å²) in [5.41, 5.74) is 1.54. The summed E-state index contributed by atoms with van der Waals surface area (Å²) in [6, 6.07) is 9.64. The van der Waals surface area contributed by atoms with Gasteiger partial charge in [-0.2, -0.15) is 0 Å². The van der Waals surface area contributed by atoms with E-state index in [0.29, 0.717) is 11.4 Å². The molecule has 5 nitrogen and oxygen atoms in total. The minimum atomic E-state index is -0.344. The van der Waals surface area contributed by atoms with Crippen molar-refractivity contribution in [1.82, 2.24) is 9.88 Å². The molecule has 0 saturated heterocycles. The van der Waals surface area contributed by atoms with Crippen molar-refractivity contribution in [2.75, 3.05) is 37.8 Å². The number of aromatic nitrogens is 1. The van der Waals surface area contributed by atoms with Crippen molar-refractivity contribution in [2.24, 2.45) is 0 Å². The number of nitrogens with zero attached hydrogens (tertiary/aromatic N) is 2. The minimum Gasteiger partial charge on any atom is -0.384 e. The van der Waals surface area contributed by atoms with Gasteiger partial charge in [0.15, 0.2) is 0 Å². The number of benzene rings is 1. The Balaban J connectivity index is 1.79. The topological polar surface area (TPSA) is 57.3 Å². The van der Waals surface area contributed by atoms with E-state index in [4.69, 9.17) is 0 Å². The number of pyridine rings is 1. The van der Waals surface area contributed by atoms with Gasteiger partial charge >= 0.3 is 0 Å². The quantitative estimate of drug-likeness (QED) is 0.731. The molecule has 0 spiro atoms. The number of amides is 1. The van der Waals surface area contributed by atoms with Gasteiger partial charge in [-0.1, -0.05) is 12.1 Å². The zero-order chi connectivity index (χ0) is 17.4. The molecule has 1 aromatic heterocycles. The Morgan fingerprint density at radius 1 is 1.25 bits per heavy atom. The number of hydrogen-bond acceptors (Lipinski definition) is 4. The Hall–Kier alpha value is -2.47. The largest absolute Gasteiger partial charge is 0.384 e. The van der Waals surface area contributed by atoms with Crippen LogP contribution in [0.15, 0.2) is 42.6 Å². The standard InChI is InChI=1S/C18H23FN4O/c1-23(2)10-4-9-20-16-7-8-17(21-13-16)22-18(24)12-14-5-3-6-15(19)11-14/h3,5-8,11,13,20H,4,9-10,12H2,1-2H3,(H,21,22,24). The number of hydrogen-bond donors (Lipinski definition) is 2. The first-order valence-corrected chi connectivity index (χ1v) is 7.92. The summed E-state index contributed by atoms with van der Waals surface area (Å²) >= 11 is 0. The maximum Gasteiger partial charge on any atom is 0.229 e. The van der Waals surface area contributed by atoms with Gasteiger partial charge in [-0.05, 0) is 56.9 Å². The molecule has 0 aliphatic carbocycles. The normalized spacial score (nSPS) is 10.7. The third kappa shape index (κ3) is 6.34. The maximum absolute atomic E-state index is 13.1. The highest BCUT2D eigenvalue weighted by Gasteiger charge is 2.06. The summed E-state index contributed by atoms with van der Waals surface area (Å²) in [6.45, 7) is 1.89. The minimum absolute atomic E-state index is 0.115. The zero-order valence-corrected chi connectivity index (χ0v) is 14.1. The summed E-state index contributed by atoms with van der Waals surface area (Å²) in [4.78, 5) is 18.3. The SMILES string of the molecule is CN(C)CCCNc1ccc(NC(=O)Cc2cccc(F)c2)nc1. The summed E-state index contributed by atoms with van der Waals surface area (Å²) in [5.74, 6) is -0.0850. The van der Waals surface area contributed by atoms with E-state index in [1.54, 1.807) is 24.4 Å². The molecule has 128 valence electrons. The molecule has 1 amide bonds. The third-order valence-electron chi connectivity index (χ3n) is 3.40. The summed E-state index contributed by atoms with van der Waals surface area (Å²) in [6.07, 6.45) is 2.84. The van der Waals surface area contributed by atoms with E-state index in [1.165, 1.54) is 12.1 Å². The fraction of sp³-hybridized carbons (Fsp3) is 0.333. The van der Waals surface area contributed by atoms with Crippen LogP contribution >= 0.6 is 0 Å². The van der Waals surface area contributed by atoms with Crippen molar-refractivity contribution in [2.45, 2.75) is 12.8 Å². The van der Waals surface area contributed by atoms with Crippen LogP contribution in [0.4, 0.5) is 15.9 Å². The van der Waals surface area contributed by atoms with Gasteiger partial charge in [0.25, 0.3) is 0 Å². The summed E-state index contributed by atoms with van der Waals surface area (Å²) in [5, 5.41) is 6.00. The molecule has 0 aliphatic heterocycles. The Morgan fingerprint density at radius 2 is 2.08 bits per heavy atom. The number of anilines is 2. The van der Waals surface area contributed by atoms with E-state index in [1.807, 2.05) is 20.2 Å². The molecule has 24 heavy (non-hydrogen) atoms. The van der Waals surface area contributed by atoms with Gasteiger partial charge in [0.05, 0.1) is 18.3 Å². The van der Waals surface area contributed by atoms with E-state index in [-0.39, 0.29) is 18.1 Å². The van der Waals surface area contributed by atoms with Gasteiger partial charge in [-0.3, -0.25) is 4.79 Å². The average Bonchev–Trinajstić information content (AvgIpc) is 2.53. The molecule has 2 N–H and O–H groups in total. The molecule has 0 bridgehead atoms. The van der Waals surface area contributed by atoms with E-state index < -0.39 is 0 Å². The fourth-order valence-electron chi connectivity index (χ4n) is 2.22. The second-order valence-electron chi connectivity index (χ2n) is 5.87. The molecule has 2 aromatic rings. The lowest BCUT2D eigenvalue weighted by molar-refractivity contribution is -0.115. The van der Waals surface area contributed by atoms with Gasteiger partial charge in [-0.15, -0.1) is 0 Å². The molecule has 0 atom stereocenters. The number of nitrogens with one attached hydrogen (secondary N) is 2. The lowest BCUT2D eigenvalue weighted by Crippen LogP contribution is -2.17. The molecule has 0 unspecified atom stereocenters. The predicted molar refractivity (Wildman–Crippen MR) is 94.6 cm³/mol. The first-order valence-electron chi connectivity index (χ1n) is 7.92. The van der Waals surface area contributed by atoms with E-state index in [2.05, 4.69) is 20.5 Å². The molecule has 0 radical (unpaired) electrons.